The van der Waals surface area contributed by atoms with Gasteiger partial charge in [0.1, 0.15) is 0 Å². The Hall–Kier alpha value is -2.41. The minimum Gasteiger partial charge on any atom is -0.326 e. The molecule has 7 nitrogen and oxygen atoms in total. The second-order valence-electron chi connectivity index (χ2n) is 4.15. The van der Waals surface area contributed by atoms with Crippen LogP contribution in [0.4, 0.5) is 11.4 Å². The summed E-state index contributed by atoms with van der Waals surface area (Å²) in [5.41, 5.74) is 1.11. The summed E-state index contributed by atoms with van der Waals surface area (Å²) in [6.07, 6.45) is 0. The summed E-state index contributed by atoms with van der Waals surface area (Å²) in [5, 5.41) is 6.18. The number of anilines is 2. The smallest absolute Gasteiger partial charge is 0.277 e. The first-order valence-electron chi connectivity index (χ1n) is 5.86. The summed E-state index contributed by atoms with van der Waals surface area (Å²) < 4.78 is 0. The van der Waals surface area contributed by atoms with E-state index < -0.39 is 5.91 Å². The maximum absolute atomic E-state index is 12.0. The van der Waals surface area contributed by atoms with Crippen LogP contribution in [-0.4, -0.2) is 36.9 Å². The molecule has 0 saturated heterocycles. The number of carbonyl (C=O) groups is 3. The van der Waals surface area contributed by atoms with E-state index in [9.17, 15) is 14.4 Å². The summed E-state index contributed by atoms with van der Waals surface area (Å²) in [6.45, 7) is 2.71. The lowest BCUT2D eigenvalue weighted by molar-refractivity contribution is -0.115. The van der Waals surface area contributed by atoms with Gasteiger partial charge in [-0.25, -0.2) is 5.06 Å². The van der Waals surface area contributed by atoms with Crippen LogP contribution in [0.25, 0.3) is 0 Å². The molecule has 0 unspecified atom stereocenters. The molecule has 0 heterocycles. The third-order valence-electron chi connectivity index (χ3n) is 2.38. The molecule has 0 aromatic heterocycles. The Morgan fingerprint density at radius 1 is 1.00 bits per heavy atom. The molecule has 1 aromatic carbocycles. The second-order valence-corrected chi connectivity index (χ2v) is 4.15. The number of carbonyl (C=O) groups excluding carboxylic acids is 3. The molecule has 0 atom stereocenters. The Balaban J connectivity index is 3.18. The van der Waals surface area contributed by atoms with Gasteiger partial charge < -0.3 is 10.6 Å². The number of hydroxylamine groups is 2. The van der Waals surface area contributed by atoms with Crippen LogP contribution < -0.4 is 10.6 Å². The molecule has 0 fully saturated rings. The molecule has 2 N–H and O–H groups in total. The van der Waals surface area contributed by atoms with Crippen molar-refractivity contribution in [2.24, 2.45) is 0 Å². The van der Waals surface area contributed by atoms with Crippen molar-refractivity contribution in [1.29, 1.82) is 0 Å². The highest BCUT2D eigenvalue weighted by Gasteiger charge is 2.14. The van der Waals surface area contributed by atoms with Gasteiger partial charge in [0.15, 0.2) is 0 Å². The van der Waals surface area contributed by atoms with E-state index in [4.69, 9.17) is 4.84 Å². The first-order chi connectivity index (χ1) is 9.33. The Morgan fingerprint density at radius 3 is 1.80 bits per heavy atom. The number of nitrogens with one attached hydrogen (secondary N) is 2. The van der Waals surface area contributed by atoms with Gasteiger partial charge in [0.25, 0.3) is 5.91 Å². The number of amides is 3. The standard InChI is InChI=1S/C13H17N3O4/c1-8(17)14-11-5-10(13(19)16(3)20-4)6-12(7-11)15-9(2)18/h5-7H,1-4H3,(H,14,17)(H,15,18). The van der Waals surface area contributed by atoms with Crippen molar-refractivity contribution in [1.82, 2.24) is 5.06 Å². The molecular weight excluding hydrogens is 262 g/mol. The van der Waals surface area contributed by atoms with Crippen LogP contribution in [0.15, 0.2) is 18.2 Å². The monoisotopic (exact) mass is 279 g/mol. The van der Waals surface area contributed by atoms with Crippen LogP contribution in [0.2, 0.25) is 0 Å². The van der Waals surface area contributed by atoms with Gasteiger partial charge in [-0.15, -0.1) is 0 Å². The van der Waals surface area contributed by atoms with Crippen molar-refractivity contribution < 1.29 is 19.2 Å². The summed E-state index contributed by atoms with van der Waals surface area (Å²) >= 11 is 0. The molecule has 1 aromatic rings. The molecule has 0 radical (unpaired) electrons. The Kier molecular flexibility index (Phi) is 5.22. The van der Waals surface area contributed by atoms with Crippen LogP contribution in [0.1, 0.15) is 24.2 Å². The number of hydrogen-bond donors (Lipinski definition) is 2. The zero-order valence-corrected chi connectivity index (χ0v) is 11.8. The Labute approximate surface area is 116 Å². The molecule has 0 spiro atoms. The Bertz CT molecular complexity index is 508. The van der Waals surface area contributed by atoms with Gasteiger partial charge in [-0.2, -0.15) is 0 Å². The van der Waals surface area contributed by atoms with Gasteiger partial charge in [0.05, 0.1) is 7.11 Å². The highest BCUT2D eigenvalue weighted by molar-refractivity contribution is 5.99. The highest BCUT2D eigenvalue weighted by atomic mass is 16.7. The fourth-order valence-electron chi connectivity index (χ4n) is 1.57. The van der Waals surface area contributed by atoms with Crippen LogP contribution in [0.5, 0.6) is 0 Å². The number of benzene rings is 1. The molecule has 0 aliphatic heterocycles. The molecule has 0 bridgehead atoms. The fraction of sp³-hybridized carbons (Fsp3) is 0.308. The molecule has 20 heavy (non-hydrogen) atoms. The molecular formula is C13H17N3O4. The lowest BCUT2D eigenvalue weighted by Gasteiger charge is -2.15. The van der Waals surface area contributed by atoms with Crippen LogP contribution in [0, 0.1) is 0 Å². The van der Waals surface area contributed by atoms with E-state index in [1.54, 1.807) is 6.07 Å². The van der Waals surface area contributed by atoms with E-state index in [0.717, 1.165) is 5.06 Å². The molecule has 0 aliphatic rings. The minimum absolute atomic E-state index is 0.275. The minimum atomic E-state index is -0.397. The van der Waals surface area contributed by atoms with Crippen LogP contribution in [-0.2, 0) is 14.4 Å². The van der Waals surface area contributed by atoms with E-state index >= 15 is 0 Å². The van der Waals surface area contributed by atoms with Gasteiger partial charge in [-0.05, 0) is 18.2 Å². The summed E-state index contributed by atoms with van der Waals surface area (Å²) in [5.74, 6) is -0.946. The fourth-order valence-corrected chi connectivity index (χ4v) is 1.57. The molecule has 7 heteroatoms. The Morgan fingerprint density at radius 2 is 1.45 bits per heavy atom. The van der Waals surface area contributed by atoms with Gasteiger partial charge in [-0.1, -0.05) is 0 Å². The highest BCUT2D eigenvalue weighted by Crippen LogP contribution is 2.20. The van der Waals surface area contributed by atoms with E-state index in [2.05, 4.69) is 10.6 Å². The molecule has 1 rings (SSSR count). The predicted octanol–water partition coefficient (Wildman–Crippen LogP) is 1.24. The van der Waals surface area contributed by atoms with Crippen molar-refractivity contribution in [3.63, 3.8) is 0 Å². The quantitative estimate of drug-likeness (QED) is 0.812. The summed E-state index contributed by atoms with van der Waals surface area (Å²) in [7, 11) is 2.83. The largest absolute Gasteiger partial charge is 0.326 e. The van der Waals surface area contributed by atoms with Gasteiger partial charge in [-0.3, -0.25) is 19.2 Å². The number of nitrogens with zero attached hydrogens (tertiary/aromatic N) is 1. The van der Waals surface area contributed by atoms with Gasteiger partial charge >= 0.3 is 0 Å². The first kappa shape index (κ1) is 15.6. The van der Waals surface area contributed by atoms with Crippen molar-refractivity contribution >= 4 is 29.1 Å². The first-order valence-corrected chi connectivity index (χ1v) is 5.86. The zero-order valence-electron chi connectivity index (χ0n) is 11.8. The SMILES string of the molecule is CON(C)C(=O)c1cc(NC(C)=O)cc(NC(C)=O)c1. The predicted molar refractivity (Wildman–Crippen MR) is 74.2 cm³/mol. The van der Waals surface area contributed by atoms with Crippen molar-refractivity contribution in [3.05, 3.63) is 23.8 Å². The van der Waals surface area contributed by atoms with Gasteiger partial charge in [0.2, 0.25) is 11.8 Å². The van der Waals surface area contributed by atoms with Crippen LogP contribution in [0.3, 0.4) is 0 Å². The van der Waals surface area contributed by atoms with E-state index in [1.165, 1.54) is 40.1 Å². The van der Waals surface area contributed by atoms with Crippen LogP contribution >= 0.6 is 0 Å². The van der Waals surface area contributed by atoms with Crippen molar-refractivity contribution in [3.8, 4) is 0 Å². The maximum Gasteiger partial charge on any atom is 0.277 e. The third-order valence-corrected chi connectivity index (χ3v) is 2.38. The second kappa shape index (κ2) is 6.67. The van der Waals surface area contributed by atoms with E-state index in [-0.39, 0.29) is 17.4 Å². The lowest BCUT2D eigenvalue weighted by atomic mass is 10.1. The number of rotatable bonds is 4. The number of hydrogen-bond acceptors (Lipinski definition) is 4. The van der Waals surface area contributed by atoms with Crippen molar-refractivity contribution in [2.45, 2.75) is 13.8 Å². The summed E-state index contributed by atoms with van der Waals surface area (Å²) in [6, 6.07) is 4.57. The van der Waals surface area contributed by atoms with Gasteiger partial charge in [0, 0.05) is 37.8 Å². The van der Waals surface area contributed by atoms with Crippen molar-refractivity contribution in [2.75, 3.05) is 24.8 Å². The average molecular weight is 279 g/mol. The molecule has 3 amide bonds. The third kappa shape index (κ3) is 4.36. The molecule has 108 valence electrons. The normalized spacial score (nSPS) is 9.80. The lowest BCUT2D eigenvalue weighted by Crippen LogP contribution is -2.25. The summed E-state index contributed by atoms with van der Waals surface area (Å²) in [4.78, 5) is 39.0. The van der Waals surface area contributed by atoms with E-state index in [1.807, 2.05) is 0 Å². The van der Waals surface area contributed by atoms with E-state index in [0.29, 0.717) is 11.4 Å². The average Bonchev–Trinajstić information content (AvgIpc) is 2.34. The zero-order chi connectivity index (χ0) is 15.3. The molecule has 0 saturated carbocycles. The maximum atomic E-state index is 12.0. The molecule has 0 aliphatic carbocycles. The topological polar surface area (TPSA) is 87.7 Å².